The van der Waals surface area contributed by atoms with Gasteiger partial charge >= 0.3 is 0 Å². The number of benzene rings is 4. The van der Waals surface area contributed by atoms with Gasteiger partial charge < -0.3 is 9.47 Å². The van der Waals surface area contributed by atoms with Crippen molar-refractivity contribution < 1.29 is 14.3 Å². The van der Waals surface area contributed by atoms with Gasteiger partial charge in [-0.2, -0.15) is 5.10 Å². The van der Waals surface area contributed by atoms with Crippen LogP contribution in [-0.4, -0.2) is 25.3 Å². The molecule has 0 radical (unpaired) electrons. The van der Waals surface area contributed by atoms with E-state index in [1.165, 1.54) is 0 Å². The van der Waals surface area contributed by atoms with Crippen LogP contribution in [0.25, 0.3) is 0 Å². The summed E-state index contributed by atoms with van der Waals surface area (Å²) in [5, 5.41) is 4.27. The molecule has 0 aliphatic carbocycles. The topological polar surface area (TPSA) is 59.9 Å². The maximum Gasteiger partial charge on any atom is 0.275 e. The van der Waals surface area contributed by atoms with Gasteiger partial charge in [0.2, 0.25) is 0 Å². The molecule has 5 heteroatoms. The lowest BCUT2D eigenvalue weighted by atomic mass is 9.92. The van der Waals surface area contributed by atoms with Gasteiger partial charge in [0.05, 0.1) is 5.56 Å². The lowest BCUT2D eigenvalue weighted by molar-refractivity contribution is 0.0949. The molecule has 0 unspecified atom stereocenters. The first-order valence-electron chi connectivity index (χ1n) is 11.1. The van der Waals surface area contributed by atoms with Gasteiger partial charge in [0.25, 0.3) is 5.91 Å². The molecule has 0 heterocycles. The van der Waals surface area contributed by atoms with Crippen LogP contribution in [0, 0.1) is 0 Å². The highest BCUT2D eigenvalue weighted by Gasteiger charge is 2.14. The van der Waals surface area contributed by atoms with Gasteiger partial charge in [0.1, 0.15) is 24.7 Å². The Hall–Kier alpha value is -4.38. The lowest BCUT2D eigenvalue weighted by Crippen LogP contribution is -2.20. The standard InChI is InChI=1S/C29H26N2O3/c32-29(26-18-10-11-19-28(26)34-21-20-33-25-16-8-3-9-17-25)31-30-22-27(23-12-4-1-5-13-23)24-14-6-2-7-15-24/h1-19,22,27H,20-21H2,(H,31,32)/b30-22+. The van der Waals surface area contributed by atoms with Gasteiger partial charge in [-0.15, -0.1) is 0 Å². The fourth-order valence-corrected chi connectivity index (χ4v) is 3.52. The van der Waals surface area contributed by atoms with Crippen LogP contribution >= 0.6 is 0 Å². The highest BCUT2D eigenvalue weighted by atomic mass is 16.5. The molecule has 0 fully saturated rings. The zero-order chi connectivity index (χ0) is 23.4. The molecular weight excluding hydrogens is 424 g/mol. The van der Waals surface area contributed by atoms with Crippen molar-refractivity contribution in [3.63, 3.8) is 0 Å². The van der Waals surface area contributed by atoms with Gasteiger partial charge in [-0.05, 0) is 35.4 Å². The Morgan fingerprint density at radius 2 is 1.24 bits per heavy atom. The molecule has 0 spiro atoms. The van der Waals surface area contributed by atoms with Crippen LogP contribution in [0.4, 0.5) is 0 Å². The van der Waals surface area contributed by atoms with Crippen molar-refractivity contribution in [2.24, 2.45) is 5.10 Å². The van der Waals surface area contributed by atoms with E-state index in [1.54, 1.807) is 24.4 Å². The molecule has 0 aliphatic rings. The first-order chi connectivity index (χ1) is 16.8. The summed E-state index contributed by atoms with van der Waals surface area (Å²) in [5.74, 6) is 0.840. The van der Waals surface area contributed by atoms with Crippen LogP contribution in [0.3, 0.4) is 0 Å². The minimum absolute atomic E-state index is 0.0793. The molecule has 4 aromatic rings. The van der Waals surface area contributed by atoms with E-state index in [0.29, 0.717) is 24.5 Å². The summed E-state index contributed by atoms with van der Waals surface area (Å²) in [6.07, 6.45) is 1.75. The normalized spacial score (nSPS) is 10.9. The van der Waals surface area contributed by atoms with Crippen LogP contribution in [0.2, 0.25) is 0 Å². The van der Waals surface area contributed by atoms with E-state index in [2.05, 4.69) is 10.5 Å². The molecule has 5 nitrogen and oxygen atoms in total. The molecule has 1 amide bonds. The smallest absolute Gasteiger partial charge is 0.275 e. The molecule has 34 heavy (non-hydrogen) atoms. The summed E-state index contributed by atoms with van der Waals surface area (Å²) in [4.78, 5) is 12.8. The van der Waals surface area contributed by atoms with Crippen molar-refractivity contribution >= 4 is 12.1 Å². The van der Waals surface area contributed by atoms with Crippen molar-refractivity contribution in [3.8, 4) is 11.5 Å². The number of rotatable bonds is 10. The molecule has 0 saturated heterocycles. The van der Waals surface area contributed by atoms with Crippen LogP contribution in [-0.2, 0) is 0 Å². The number of ether oxygens (including phenoxy) is 2. The van der Waals surface area contributed by atoms with Gasteiger partial charge in [0, 0.05) is 12.1 Å². The van der Waals surface area contributed by atoms with E-state index in [9.17, 15) is 4.79 Å². The van der Waals surface area contributed by atoms with Crippen molar-refractivity contribution in [2.75, 3.05) is 13.2 Å². The monoisotopic (exact) mass is 450 g/mol. The molecule has 0 atom stereocenters. The van der Waals surface area contributed by atoms with E-state index < -0.39 is 0 Å². The Kier molecular flexibility index (Phi) is 8.06. The lowest BCUT2D eigenvalue weighted by Gasteiger charge is -2.13. The molecule has 0 aromatic heterocycles. The minimum atomic E-state index is -0.337. The highest BCUT2D eigenvalue weighted by Crippen LogP contribution is 2.23. The van der Waals surface area contributed by atoms with Crippen molar-refractivity contribution in [1.82, 2.24) is 5.43 Å². The number of nitrogens with one attached hydrogen (secondary N) is 1. The Morgan fingerprint density at radius 1 is 0.706 bits per heavy atom. The Balaban J connectivity index is 1.39. The van der Waals surface area contributed by atoms with Crippen LogP contribution < -0.4 is 14.9 Å². The van der Waals surface area contributed by atoms with Gasteiger partial charge in [-0.3, -0.25) is 4.79 Å². The molecule has 1 N–H and O–H groups in total. The first-order valence-corrected chi connectivity index (χ1v) is 11.1. The summed E-state index contributed by atoms with van der Waals surface area (Å²) >= 11 is 0. The first kappa shape index (κ1) is 22.8. The molecule has 4 aromatic carbocycles. The number of amides is 1. The number of hydrazone groups is 1. The maximum atomic E-state index is 12.8. The minimum Gasteiger partial charge on any atom is -0.490 e. The summed E-state index contributed by atoms with van der Waals surface area (Å²) < 4.78 is 11.5. The zero-order valence-corrected chi connectivity index (χ0v) is 18.7. The molecule has 0 saturated carbocycles. The van der Waals surface area contributed by atoms with Crippen LogP contribution in [0.1, 0.15) is 27.4 Å². The summed E-state index contributed by atoms with van der Waals surface area (Å²) in [7, 11) is 0. The Labute approximate surface area is 199 Å². The third-order valence-electron chi connectivity index (χ3n) is 5.19. The number of para-hydroxylation sites is 2. The fourth-order valence-electron chi connectivity index (χ4n) is 3.52. The summed E-state index contributed by atoms with van der Waals surface area (Å²) in [5.41, 5.74) is 5.24. The zero-order valence-electron chi connectivity index (χ0n) is 18.7. The van der Waals surface area contributed by atoms with E-state index in [4.69, 9.17) is 9.47 Å². The average Bonchev–Trinajstić information content (AvgIpc) is 2.91. The summed E-state index contributed by atoms with van der Waals surface area (Å²) in [6.45, 7) is 0.681. The molecule has 170 valence electrons. The van der Waals surface area contributed by atoms with Crippen LogP contribution in [0.15, 0.2) is 120 Å². The number of carbonyl (C=O) groups is 1. The third-order valence-corrected chi connectivity index (χ3v) is 5.19. The number of nitrogens with zero attached hydrogens (tertiary/aromatic N) is 1. The number of hydrogen-bond acceptors (Lipinski definition) is 4. The second-order valence-corrected chi connectivity index (χ2v) is 7.52. The van der Waals surface area contributed by atoms with Crippen LogP contribution in [0.5, 0.6) is 11.5 Å². The Morgan fingerprint density at radius 3 is 1.88 bits per heavy atom. The SMILES string of the molecule is O=C(N/N=C/C(c1ccccc1)c1ccccc1)c1ccccc1OCCOc1ccccc1. The van der Waals surface area contributed by atoms with Crippen molar-refractivity contribution in [1.29, 1.82) is 0 Å². The van der Waals surface area contributed by atoms with Gasteiger partial charge in [-0.1, -0.05) is 91.0 Å². The predicted molar refractivity (Wildman–Crippen MR) is 135 cm³/mol. The largest absolute Gasteiger partial charge is 0.490 e. The van der Waals surface area contributed by atoms with Crippen molar-refractivity contribution in [2.45, 2.75) is 5.92 Å². The molecular formula is C29H26N2O3. The Bertz CT molecular complexity index is 1160. The highest BCUT2D eigenvalue weighted by molar-refractivity contribution is 5.97. The van der Waals surface area contributed by atoms with Gasteiger partial charge in [-0.25, -0.2) is 5.43 Å². The molecule has 0 aliphatic heterocycles. The second-order valence-electron chi connectivity index (χ2n) is 7.52. The van der Waals surface area contributed by atoms with E-state index in [0.717, 1.165) is 16.9 Å². The molecule has 4 rings (SSSR count). The summed E-state index contributed by atoms with van der Waals surface area (Å²) in [6, 6.07) is 36.7. The predicted octanol–water partition coefficient (Wildman–Crippen LogP) is 5.69. The maximum absolute atomic E-state index is 12.8. The fraction of sp³-hybridized carbons (Fsp3) is 0.103. The number of hydrogen-bond donors (Lipinski definition) is 1. The molecule has 0 bridgehead atoms. The average molecular weight is 451 g/mol. The third kappa shape index (κ3) is 6.33. The van der Waals surface area contributed by atoms with E-state index in [-0.39, 0.29) is 11.8 Å². The van der Waals surface area contributed by atoms with Crippen molar-refractivity contribution in [3.05, 3.63) is 132 Å². The van der Waals surface area contributed by atoms with E-state index in [1.807, 2.05) is 97.1 Å². The second kappa shape index (κ2) is 12.0. The quantitative estimate of drug-likeness (QED) is 0.192. The van der Waals surface area contributed by atoms with E-state index >= 15 is 0 Å². The number of carbonyl (C=O) groups excluding carboxylic acids is 1. The van der Waals surface area contributed by atoms with Gasteiger partial charge in [0.15, 0.2) is 0 Å².